The second-order valence-corrected chi connectivity index (χ2v) is 3.78. The second kappa shape index (κ2) is 5.30. The molecule has 1 rings (SSSR count). The molecule has 0 saturated carbocycles. The number of nitrogens with two attached hydrogens (primary N) is 1. The third-order valence-electron chi connectivity index (χ3n) is 0.917. The lowest BCUT2D eigenvalue weighted by atomic mass is 10.3. The predicted octanol–water partition coefficient (Wildman–Crippen LogP) is -0.315. The van der Waals surface area contributed by atoms with Gasteiger partial charge >= 0.3 is 0 Å². The molecular formula is C7H10N2O4S. The molecule has 0 radical (unpaired) electrons. The van der Waals surface area contributed by atoms with Crippen LogP contribution in [0.2, 0.25) is 0 Å². The van der Waals surface area contributed by atoms with Gasteiger partial charge in [-0.1, -0.05) is 6.07 Å². The Morgan fingerprint density at radius 3 is 2.21 bits per heavy atom. The fourth-order valence-electron chi connectivity index (χ4n) is 0.509. The molecule has 1 aromatic heterocycles. The van der Waals surface area contributed by atoms with E-state index in [1.807, 2.05) is 0 Å². The zero-order chi connectivity index (χ0) is 11.2. The van der Waals surface area contributed by atoms with E-state index in [2.05, 4.69) is 4.98 Å². The Kier molecular flexibility index (Phi) is 4.74. The molecule has 78 valence electrons. The van der Waals surface area contributed by atoms with Crippen LogP contribution in [0, 0.1) is 0 Å². The summed E-state index contributed by atoms with van der Waals surface area (Å²) >= 11 is 0. The number of nitrogens with zero attached hydrogens (tertiary/aromatic N) is 1. The molecule has 1 amide bonds. The van der Waals surface area contributed by atoms with E-state index in [0.717, 1.165) is 0 Å². The first-order valence-electron chi connectivity index (χ1n) is 3.44. The van der Waals surface area contributed by atoms with E-state index < -0.39 is 16.0 Å². The molecule has 0 bridgehead atoms. The van der Waals surface area contributed by atoms with Crippen LogP contribution in [0.4, 0.5) is 0 Å². The van der Waals surface area contributed by atoms with Gasteiger partial charge in [-0.2, -0.15) is 8.42 Å². The highest BCUT2D eigenvalue weighted by molar-refractivity contribution is 7.85. The third-order valence-corrected chi connectivity index (χ3v) is 0.917. The van der Waals surface area contributed by atoms with Gasteiger partial charge in [0.25, 0.3) is 16.0 Å². The van der Waals surface area contributed by atoms with Gasteiger partial charge < -0.3 is 5.73 Å². The van der Waals surface area contributed by atoms with Crippen LogP contribution in [-0.2, 0) is 10.1 Å². The third kappa shape index (κ3) is 8.62. The van der Waals surface area contributed by atoms with Gasteiger partial charge in [-0.25, -0.2) is 0 Å². The molecule has 0 unspecified atom stereocenters. The van der Waals surface area contributed by atoms with Gasteiger partial charge in [0.2, 0.25) is 0 Å². The highest BCUT2D eigenvalue weighted by atomic mass is 32.2. The summed E-state index contributed by atoms with van der Waals surface area (Å²) in [6.45, 7) is 0. The smallest absolute Gasteiger partial charge is 0.267 e. The fraction of sp³-hybridized carbons (Fsp3) is 0.143. The average molecular weight is 218 g/mol. The number of aromatic nitrogens is 1. The Balaban J connectivity index is 0.000000292. The van der Waals surface area contributed by atoms with Crippen molar-refractivity contribution in [2.24, 2.45) is 5.73 Å². The molecule has 0 saturated heterocycles. The molecule has 0 fully saturated rings. The van der Waals surface area contributed by atoms with Crippen LogP contribution in [0.25, 0.3) is 0 Å². The lowest BCUT2D eigenvalue weighted by Crippen LogP contribution is -2.12. The summed E-state index contributed by atoms with van der Waals surface area (Å²) in [7, 11) is -3.67. The van der Waals surface area contributed by atoms with E-state index in [4.69, 9.17) is 10.3 Å². The van der Waals surface area contributed by atoms with Crippen molar-refractivity contribution in [1.82, 2.24) is 4.98 Å². The number of amides is 1. The van der Waals surface area contributed by atoms with Gasteiger partial charge in [0, 0.05) is 6.20 Å². The first-order chi connectivity index (χ1) is 6.30. The quantitative estimate of drug-likeness (QED) is 0.628. The summed E-state index contributed by atoms with van der Waals surface area (Å²) in [5.74, 6) is -0.490. The molecule has 0 aromatic carbocycles. The van der Waals surface area contributed by atoms with Crippen molar-refractivity contribution >= 4 is 16.0 Å². The molecule has 0 aliphatic rings. The van der Waals surface area contributed by atoms with Gasteiger partial charge in [-0.05, 0) is 12.1 Å². The van der Waals surface area contributed by atoms with E-state index >= 15 is 0 Å². The molecule has 1 heterocycles. The number of hydrogen-bond acceptors (Lipinski definition) is 4. The Labute approximate surface area is 81.5 Å². The summed E-state index contributed by atoms with van der Waals surface area (Å²) < 4.78 is 25.9. The van der Waals surface area contributed by atoms with Gasteiger partial charge in [0.05, 0.1) is 6.26 Å². The molecule has 3 N–H and O–H groups in total. The minimum atomic E-state index is -3.67. The van der Waals surface area contributed by atoms with Gasteiger partial charge in [0.1, 0.15) is 5.69 Å². The van der Waals surface area contributed by atoms with E-state index in [0.29, 0.717) is 11.9 Å². The topological polar surface area (TPSA) is 110 Å². The van der Waals surface area contributed by atoms with Crippen molar-refractivity contribution in [3.05, 3.63) is 30.1 Å². The summed E-state index contributed by atoms with van der Waals surface area (Å²) in [5, 5.41) is 0. The second-order valence-electron chi connectivity index (χ2n) is 2.31. The van der Waals surface area contributed by atoms with Crippen LogP contribution in [0.3, 0.4) is 0 Å². The molecule has 14 heavy (non-hydrogen) atoms. The summed E-state index contributed by atoms with van der Waals surface area (Å²) in [6, 6.07) is 5.02. The highest BCUT2D eigenvalue weighted by Crippen LogP contribution is 1.88. The Morgan fingerprint density at radius 1 is 1.50 bits per heavy atom. The maximum absolute atomic E-state index is 10.4. The number of carbonyl (C=O) groups is 1. The largest absolute Gasteiger partial charge is 0.364 e. The van der Waals surface area contributed by atoms with Crippen LogP contribution >= 0.6 is 0 Å². The van der Waals surface area contributed by atoms with E-state index in [1.165, 1.54) is 6.20 Å². The highest BCUT2D eigenvalue weighted by Gasteiger charge is 1.95. The monoisotopic (exact) mass is 218 g/mol. The van der Waals surface area contributed by atoms with E-state index in [1.54, 1.807) is 18.2 Å². The average Bonchev–Trinajstić information content (AvgIpc) is 2.03. The maximum atomic E-state index is 10.4. The van der Waals surface area contributed by atoms with Crippen molar-refractivity contribution in [2.75, 3.05) is 6.26 Å². The van der Waals surface area contributed by atoms with Crippen molar-refractivity contribution in [2.45, 2.75) is 0 Å². The van der Waals surface area contributed by atoms with Gasteiger partial charge in [-0.3, -0.25) is 14.3 Å². The normalized spacial score (nSPS) is 9.86. The number of rotatable bonds is 1. The van der Waals surface area contributed by atoms with E-state index in [9.17, 15) is 13.2 Å². The SMILES string of the molecule is CS(=O)(=O)O.NC(=O)c1ccccn1. The fourth-order valence-corrected chi connectivity index (χ4v) is 0.509. The van der Waals surface area contributed by atoms with Crippen LogP contribution in [0.5, 0.6) is 0 Å². The number of hydrogen-bond donors (Lipinski definition) is 2. The van der Waals surface area contributed by atoms with Gasteiger partial charge in [0.15, 0.2) is 0 Å². The zero-order valence-electron chi connectivity index (χ0n) is 7.41. The number of primary amides is 1. The van der Waals surface area contributed by atoms with Crippen molar-refractivity contribution < 1.29 is 17.8 Å². The standard InChI is InChI=1S/C6H6N2O.CH4O3S/c7-6(9)5-3-1-2-4-8-5;1-5(2,3)4/h1-4H,(H2,7,9);1H3,(H,2,3,4). The molecule has 6 nitrogen and oxygen atoms in total. The molecule has 0 spiro atoms. The van der Waals surface area contributed by atoms with Crippen molar-refractivity contribution in [1.29, 1.82) is 0 Å². The van der Waals surface area contributed by atoms with Crippen LogP contribution in [0.1, 0.15) is 10.5 Å². The Morgan fingerprint density at radius 2 is 2.00 bits per heavy atom. The lowest BCUT2D eigenvalue weighted by Gasteiger charge is -1.88. The summed E-state index contributed by atoms with van der Waals surface area (Å²) in [6.07, 6.45) is 2.24. The zero-order valence-corrected chi connectivity index (χ0v) is 8.23. The van der Waals surface area contributed by atoms with Crippen LogP contribution < -0.4 is 5.73 Å². The minimum absolute atomic E-state index is 0.303. The molecule has 0 aliphatic heterocycles. The Hall–Kier alpha value is -1.47. The molecule has 7 heteroatoms. The molecule has 0 aliphatic carbocycles. The lowest BCUT2D eigenvalue weighted by molar-refractivity contribution is 0.0995. The van der Waals surface area contributed by atoms with E-state index in [-0.39, 0.29) is 0 Å². The number of pyridine rings is 1. The maximum Gasteiger partial charge on any atom is 0.267 e. The Bertz CT molecular complexity index is 379. The minimum Gasteiger partial charge on any atom is -0.364 e. The summed E-state index contributed by atoms with van der Waals surface area (Å²) in [5.41, 5.74) is 5.22. The van der Waals surface area contributed by atoms with Crippen LogP contribution in [-0.4, -0.2) is 30.1 Å². The van der Waals surface area contributed by atoms with Gasteiger partial charge in [-0.15, -0.1) is 0 Å². The summed E-state index contributed by atoms with van der Waals surface area (Å²) in [4.78, 5) is 14.1. The predicted molar refractivity (Wildman–Crippen MR) is 50.2 cm³/mol. The molecule has 1 aromatic rings. The van der Waals surface area contributed by atoms with Crippen LogP contribution in [0.15, 0.2) is 24.4 Å². The first kappa shape index (κ1) is 12.5. The van der Waals surface area contributed by atoms with Crippen molar-refractivity contribution in [3.63, 3.8) is 0 Å². The molecular weight excluding hydrogens is 208 g/mol. The number of carbonyl (C=O) groups excluding carboxylic acids is 1. The molecule has 0 atom stereocenters. The van der Waals surface area contributed by atoms with Crippen molar-refractivity contribution in [3.8, 4) is 0 Å². The first-order valence-corrected chi connectivity index (χ1v) is 5.29.